The summed E-state index contributed by atoms with van der Waals surface area (Å²) in [5, 5.41) is 2.98. The second-order valence-corrected chi connectivity index (χ2v) is 7.80. The van der Waals surface area contributed by atoms with Crippen LogP contribution in [0.2, 0.25) is 0 Å². The van der Waals surface area contributed by atoms with Crippen LogP contribution in [0.1, 0.15) is 10.4 Å². The number of ether oxygens (including phenoxy) is 2. The fourth-order valence-corrected chi connectivity index (χ4v) is 3.63. The molecular formula is C26H29N3O3. The van der Waals surface area contributed by atoms with E-state index < -0.39 is 0 Å². The molecule has 0 bridgehead atoms. The van der Waals surface area contributed by atoms with Gasteiger partial charge in [0, 0.05) is 37.6 Å². The van der Waals surface area contributed by atoms with Gasteiger partial charge in [-0.05, 0) is 55.6 Å². The predicted octanol–water partition coefficient (Wildman–Crippen LogP) is 4.15. The monoisotopic (exact) mass is 431 g/mol. The van der Waals surface area contributed by atoms with Crippen molar-refractivity contribution in [3.8, 4) is 11.5 Å². The molecule has 1 saturated heterocycles. The van der Waals surface area contributed by atoms with Crippen LogP contribution in [0.5, 0.6) is 11.5 Å². The van der Waals surface area contributed by atoms with Crippen LogP contribution in [-0.2, 0) is 0 Å². The maximum absolute atomic E-state index is 12.9. The summed E-state index contributed by atoms with van der Waals surface area (Å²) in [5.41, 5.74) is 2.43. The normalized spacial score (nSPS) is 14.1. The molecule has 0 spiro atoms. The van der Waals surface area contributed by atoms with Gasteiger partial charge in [-0.1, -0.05) is 30.3 Å². The molecule has 166 valence electrons. The maximum Gasteiger partial charge on any atom is 0.259 e. The lowest BCUT2D eigenvalue weighted by Gasteiger charge is -2.34. The highest BCUT2D eigenvalue weighted by atomic mass is 16.5. The standard InChI is InChI=1S/C26H29N3O3/c1-28-15-17-29(18-16-28)22-13-11-21(12-14-22)27-26(30)24-9-5-6-10-25(24)32-20-19-31-23-7-3-2-4-8-23/h2-14H,15-20H2,1H3,(H,27,30). The van der Waals surface area contributed by atoms with Gasteiger partial charge in [-0.25, -0.2) is 0 Å². The molecule has 1 amide bonds. The number of benzene rings is 3. The second-order valence-electron chi connectivity index (χ2n) is 7.80. The van der Waals surface area contributed by atoms with Crippen LogP contribution in [0, 0.1) is 0 Å². The molecule has 6 heteroatoms. The number of carbonyl (C=O) groups is 1. The van der Waals surface area contributed by atoms with Crippen LogP contribution in [0.3, 0.4) is 0 Å². The Balaban J connectivity index is 1.32. The molecular weight excluding hydrogens is 402 g/mol. The molecule has 1 aliphatic heterocycles. The minimum Gasteiger partial charge on any atom is -0.490 e. The summed E-state index contributed by atoms with van der Waals surface area (Å²) in [6.45, 7) is 4.89. The molecule has 3 aromatic rings. The van der Waals surface area contributed by atoms with Crippen LogP contribution in [0.4, 0.5) is 11.4 Å². The highest BCUT2D eigenvalue weighted by Crippen LogP contribution is 2.22. The SMILES string of the molecule is CN1CCN(c2ccc(NC(=O)c3ccccc3OCCOc3ccccc3)cc2)CC1. The molecule has 0 aliphatic carbocycles. The number of rotatable bonds is 8. The third-order valence-corrected chi connectivity index (χ3v) is 5.48. The Hall–Kier alpha value is -3.51. The van der Waals surface area contributed by atoms with E-state index in [0.29, 0.717) is 24.5 Å². The number of para-hydroxylation sites is 2. The highest BCUT2D eigenvalue weighted by molar-refractivity contribution is 6.06. The van der Waals surface area contributed by atoms with Crippen LogP contribution in [0.25, 0.3) is 0 Å². The van der Waals surface area contributed by atoms with Crippen LogP contribution >= 0.6 is 0 Å². The van der Waals surface area contributed by atoms with Gasteiger partial charge in [-0.2, -0.15) is 0 Å². The average Bonchev–Trinajstić information content (AvgIpc) is 2.84. The summed E-state index contributed by atoms with van der Waals surface area (Å²) in [6.07, 6.45) is 0. The van der Waals surface area contributed by atoms with Gasteiger partial charge in [-0.3, -0.25) is 4.79 Å². The van der Waals surface area contributed by atoms with Gasteiger partial charge in [0.2, 0.25) is 0 Å². The van der Waals surface area contributed by atoms with E-state index in [2.05, 4.69) is 34.3 Å². The van der Waals surface area contributed by atoms with Gasteiger partial charge >= 0.3 is 0 Å². The fraction of sp³-hybridized carbons (Fsp3) is 0.269. The Kier molecular flexibility index (Phi) is 7.25. The van der Waals surface area contributed by atoms with Crippen molar-refractivity contribution in [1.29, 1.82) is 0 Å². The van der Waals surface area contributed by atoms with Crippen molar-refractivity contribution in [3.63, 3.8) is 0 Å². The highest BCUT2D eigenvalue weighted by Gasteiger charge is 2.15. The molecule has 1 heterocycles. The minimum atomic E-state index is -0.197. The number of hydrogen-bond acceptors (Lipinski definition) is 5. The van der Waals surface area contributed by atoms with E-state index in [0.717, 1.165) is 37.6 Å². The van der Waals surface area contributed by atoms with Gasteiger partial charge in [0.1, 0.15) is 24.7 Å². The molecule has 6 nitrogen and oxygen atoms in total. The number of hydrogen-bond donors (Lipinski definition) is 1. The zero-order valence-electron chi connectivity index (χ0n) is 18.4. The Labute approximate surface area is 189 Å². The lowest BCUT2D eigenvalue weighted by molar-refractivity contribution is 0.102. The van der Waals surface area contributed by atoms with Crippen LogP contribution in [0.15, 0.2) is 78.9 Å². The number of likely N-dealkylation sites (N-methyl/N-ethyl adjacent to an activating group) is 1. The number of carbonyl (C=O) groups excluding carboxylic acids is 1. The maximum atomic E-state index is 12.9. The number of piperazine rings is 1. The number of anilines is 2. The Bertz CT molecular complexity index is 1000. The first kappa shape index (κ1) is 21.7. The van der Waals surface area contributed by atoms with Crippen LogP contribution < -0.4 is 19.7 Å². The van der Waals surface area contributed by atoms with Crippen LogP contribution in [-0.4, -0.2) is 57.2 Å². The number of nitrogens with zero attached hydrogens (tertiary/aromatic N) is 2. The minimum absolute atomic E-state index is 0.197. The van der Waals surface area contributed by atoms with E-state index in [1.165, 1.54) is 5.69 Å². The smallest absolute Gasteiger partial charge is 0.259 e. The van der Waals surface area contributed by atoms with E-state index in [1.807, 2.05) is 54.6 Å². The van der Waals surface area contributed by atoms with Crippen molar-refractivity contribution in [1.82, 2.24) is 4.90 Å². The quantitative estimate of drug-likeness (QED) is 0.543. The Morgan fingerprint density at radius 3 is 2.22 bits per heavy atom. The zero-order chi connectivity index (χ0) is 22.2. The van der Waals surface area contributed by atoms with Gasteiger partial charge in [0.25, 0.3) is 5.91 Å². The first-order valence-electron chi connectivity index (χ1n) is 10.9. The first-order valence-corrected chi connectivity index (χ1v) is 10.9. The molecule has 0 unspecified atom stereocenters. The van der Waals surface area contributed by atoms with Gasteiger partial charge in [0.15, 0.2) is 0 Å². The van der Waals surface area contributed by atoms with E-state index >= 15 is 0 Å². The van der Waals surface area contributed by atoms with E-state index in [-0.39, 0.29) is 5.91 Å². The van der Waals surface area contributed by atoms with E-state index in [4.69, 9.17) is 9.47 Å². The predicted molar refractivity (Wildman–Crippen MR) is 128 cm³/mol. The van der Waals surface area contributed by atoms with Crippen molar-refractivity contribution < 1.29 is 14.3 Å². The molecule has 0 radical (unpaired) electrons. The van der Waals surface area contributed by atoms with Crippen molar-refractivity contribution in [2.75, 3.05) is 56.7 Å². The summed E-state index contributed by atoms with van der Waals surface area (Å²) in [7, 11) is 2.15. The largest absolute Gasteiger partial charge is 0.490 e. The summed E-state index contributed by atoms with van der Waals surface area (Å²) >= 11 is 0. The summed E-state index contributed by atoms with van der Waals surface area (Å²) in [4.78, 5) is 17.6. The molecule has 32 heavy (non-hydrogen) atoms. The van der Waals surface area contributed by atoms with Gasteiger partial charge in [-0.15, -0.1) is 0 Å². The van der Waals surface area contributed by atoms with Gasteiger partial charge in [0.05, 0.1) is 5.56 Å². The molecule has 0 saturated carbocycles. The fourth-order valence-electron chi connectivity index (χ4n) is 3.63. The number of nitrogens with one attached hydrogen (secondary N) is 1. The average molecular weight is 432 g/mol. The molecule has 0 atom stereocenters. The number of amides is 1. The summed E-state index contributed by atoms with van der Waals surface area (Å²) in [5.74, 6) is 1.13. The van der Waals surface area contributed by atoms with Gasteiger partial charge < -0.3 is 24.6 Å². The first-order chi connectivity index (χ1) is 15.7. The second kappa shape index (κ2) is 10.7. The van der Waals surface area contributed by atoms with Crippen molar-refractivity contribution >= 4 is 17.3 Å². The lowest BCUT2D eigenvalue weighted by atomic mass is 10.1. The van der Waals surface area contributed by atoms with Crippen molar-refractivity contribution in [2.24, 2.45) is 0 Å². The molecule has 1 fully saturated rings. The molecule has 0 aromatic heterocycles. The third kappa shape index (κ3) is 5.80. The van der Waals surface area contributed by atoms with E-state index in [1.54, 1.807) is 12.1 Å². The molecule has 1 N–H and O–H groups in total. The van der Waals surface area contributed by atoms with Crippen molar-refractivity contribution in [2.45, 2.75) is 0 Å². The van der Waals surface area contributed by atoms with E-state index in [9.17, 15) is 4.79 Å². The molecule has 4 rings (SSSR count). The molecule has 1 aliphatic rings. The zero-order valence-corrected chi connectivity index (χ0v) is 18.4. The molecule has 3 aromatic carbocycles. The third-order valence-electron chi connectivity index (χ3n) is 5.48. The summed E-state index contributed by atoms with van der Waals surface area (Å²) in [6, 6.07) is 24.9. The Morgan fingerprint density at radius 1 is 0.812 bits per heavy atom. The Morgan fingerprint density at radius 2 is 1.47 bits per heavy atom. The lowest BCUT2D eigenvalue weighted by Crippen LogP contribution is -2.44. The summed E-state index contributed by atoms with van der Waals surface area (Å²) < 4.78 is 11.5. The topological polar surface area (TPSA) is 54.0 Å². The van der Waals surface area contributed by atoms with Crippen molar-refractivity contribution in [3.05, 3.63) is 84.4 Å².